The van der Waals surface area contributed by atoms with Crippen LogP contribution in [0.2, 0.25) is 0 Å². The Hall–Kier alpha value is -2.74. The summed E-state index contributed by atoms with van der Waals surface area (Å²) in [5.41, 5.74) is 3.44. The molecule has 5 rings (SSSR count). The molecular weight excluding hydrogens is 409 g/mol. The lowest BCUT2D eigenvalue weighted by Gasteiger charge is -2.34. The van der Waals surface area contributed by atoms with Gasteiger partial charge < -0.3 is 10.2 Å². The number of aromatic nitrogens is 2. The van der Waals surface area contributed by atoms with Crippen LogP contribution >= 0.6 is 0 Å². The van der Waals surface area contributed by atoms with E-state index in [1.807, 2.05) is 9.58 Å². The van der Waals surface area contributed by atoms with Crippen molar-refractivity contribution in [2.24, 2.45) is 0 Å². The molecule has 1 N–H and O–H groups in total. The summed E-state index contributed by atoms with van der Waals surface area (Å²) in [6.07, 6.45) is 7.14. The predicted molar refractivity (Wildman–Crippen MR) is 118 cm³/mol. The van der Waals surface area contributed by atoms with Crippen molar-refractivity contribution in [3.8, 4) is 5.69 Å². The highest BCUT2D eigenvalue weighted by atomic mass is 19.1. The third-order valence-electron chi connectivity index (χ3n) is 6.67. The zero-order valence-corrected chi connectivity index (χ0v) is 18.4. The van der Waals surface area contributed by atoms with Gasteiger partial charge in [-0.15, -0.1) is 0 Å². The Labute approximate surface area is 187 Å². The van der Waals surface area contributed by atoms with E-state index in [2.05, 4.69) is 10.2 Å². The van der Waals surface area contributed by atoms with Crippen LogP contribution in [0.25, 0.3) is 5.69 Å². The molecule has 7 nitrogen and oxygen atoms in total. The van der Waals surface area contributed by atoms with Crippen molar-refractivity contribution in [3.63, 3.8) is 0 Å². The van der Waals surface area contributed by atoms with Crippen LogP contribution in [0, 0.1) is 5.82 Å². The number of amides is 2. The van der Waals surface area contributed by atoms with Gasteiger partial charge in [0.25, 0.3) is 5.91 Å². The van der Waals surface area contributed by atoms with Crippen LogP contribution in [-0.2, 0) is 17.6 Å². The van der Waals surface area contributed by atoms with Crippen molar-refractivity contribution in [2.75, 3.05) is 32.7 Å². The van der Waals surface area contributed by atoms with Gasteiger partial charge in [-0.05, 0) is 62.8 Å². The Morgan fingerprint density at radius 1 is 1.00 bits per heavy atom. The first-order valence-electron chi connectivity index (χ1n) is 11.8. The minimum atomic E-state index is -0.285. The second kappa shape index (κ2) is 9.02. The van der Waals surface area contributed by atoms with Gasteiger partial charge in [0, 0.05) is 43.5 Å². The molecule has 32 heavy (non-hydrogen) atoms. The zero-order valence-electron chi connectivity index (χ0n) is 18.4. The largest absolute Gasteiger partial charge is 0.352 e. The van der Waals surface area contributed by atoms with Gasteiger partial charge in [0.15, 0.2) is 5.69 Å². The van der Waals surface area contributed by atoms with Crippen molar-refractivity contribution < 1.29 is 14.0 Å². The second-order valence-corrected chi connectivity index (χ2v) is 9.13. The number of benzene rings is 1. The summed E-state index contributed by atoms with van der Waals surface area (Å²) >= 11 is 0. The molecule has 1 aliphatic heterocycles. The summed E-state index contributed by atoms with van der Waals surface area (Å²) in [4.78, 5) is 29.5. The molecule has 0 bridgehead atoms. The molecule has 2 heterocycles. The molecule has 2 amide bonds. The molecule has 1 saturated heterocycles. The number of hydrogen-bond donors (Lipinski definition) is 1. The highest BCUT2D eigenvalue weighted by molar-refractivity contribution is 5.94. The molecule has 1 saturated carbocycles. The standard InChI is InChI=1S/C24H30FN5O2/c25-17-6-10-19(11-7-17)30-21-5-3-1-2-4-20(21)23(27-30)24(32)29-14-12-28(13-15-29)16-22(31)26-18-8-9-18/h6-7,10-11,18H,1-5,8-9,12-16H2,(H,26,31). The molecular formula is C24H30FN5O2. The zero-order chi connectivity index (χ0) is 22.1. The van der Waals surface area contributed by atoms with E-state index in [4.69, 9.17) is 5.10 Å². The van der Waals surface area contributed by atoms with Crippen molar-refractivity contribution in [1.82, 2.24) is 24.9 Å². The first kappa shape index (κ1) is 21.1. The summed E-state index contributed by atoms with van der Waals surface area (Å²) < 4.78 is 15.3. The Morgan fingerprint density at radius 2 is 1.72 bits per heavy atom. The summed E-state index contributed by atoms with van der Waals surface area (Å²) in [7, 11) is 0. The Balaban J connectivity index is 1.31. The molecule has 2 aliphatic carbocycles. The maximum absolute atomic E-state index is 13.5. The van der Waals surface area contributed by atoms with E-state index in [-0.39, 0.29) is 17.6 Å². The maximum atomic E-state index is 13.5. The number of carbonyl (C=O) groups excluding carboxylic acids is 2. The SMILES string of the molecule is O=C(CN1CCN(C(=O)c2nn(-c3ccc(F)cc3)c3c2CCCCC3)CC1)NC1CC1. The lowest BCUT2D eigenvalue weighted by atomic mass is 10.1. The summed E-state index contributed by atoms with van der Waals surface area (Å²) in [6.45, 7) is 2.95. The number of nitrogens with zero attached hydrogens (tertiary/aromatic N) is 4. The minimum Gasteiger partial charge on any atom is -0.352 e. The first-order valence-corrected chi connectivity index (χ1v) is 11.8. The predicted octanol–water partition coefficient (Wildman–Crippen LogP) is 2.32. The van der Waals surface area contributed by atoms with Crippen LogP contribution in [0.3, 0.4) is 0 Å². The van der Waals surface area contributed by atoms with Crippen LogP contribution in [0.1, 0.15) is 53.8 Å². The monoisotopic (exact) mass is 439 g/mol. The fourth-order valence-electron chi connectivity index (χ4n) is 4.71. The molecule has 0 unspecified atom stereocenters. The van der Waals surface area contributed by atoms with E-state index < -0.39 is 0 Å². The summed E-state index contributed by atoms with van der Waals surface area (Å²) in [5, 5.41) is 7.77. The molecule has 8 heteroatoms. The first-order chi connectivity index (χ1) is 15.6. The fourth-order valence-corrected chi connectivity index (χ4v) is 4.71. The minimum absolute atomic E-state index is 0.0360. The highest BCUT2D eigenvalue weighted by Gasteiger charge is 2.30. The third-order valence-corrected chi connectivity index (χ3v) is 6.67. The number of rotatable bonds is 5. The quantitative estimate of drug-likeness (QED) is 0.726. The molecule has 2 fully saturated rings. The Morgan fingerprint density at radius 3 is 2.44 bits per heavy atom. The molecule has 1 aromatic carbocycles. The number of nitrogens with one attached hydrogen (secondary N) is 1. The lowest BCUT2D eigenvalue weighted by Crippen LogP contribution is -2.51. The van der Waals surface area contributed by atoms with Gasteiger partial charge in [-0.1, -0.05) is 6.42 Å². The molecule has 3 aliphatic rings. The van der Waals surface area contributed by atoms with Crippen molar-refractivity contribution >= 4 is 11.8 Å². The maximum Gasteiger partial charge on any atom is 0.274 e. The molecule has 1 aromatic heterocycles. The topological polar surface area (TPSA) is 70.5 Å². The number of hydrogen-bond acceptors (Lipinski definition) is 4. The van der Waals surface area contributed by atoms with E-state index in [0.717, 1.165) is 61.9 Å². The Bertz CT molecular complexity index is 991. The van der Waals surface area contributed by atoms with E-state index in [9.17, 15) is 14.0 Å². The Kier molecular flexibility index (Phi) is 5.95. The van der Waals surface area contributed by atoms with Crippen LogP contribution in [-0.4, -0.2) is 70.2 Å². The van der Waals surface area contributed by atoms with Gasteiger partial charge in [0.2, 0.25) is 5.91 Å². The molecule has 0 spiro atoms. The van der Waals surface area contributed by atoms with Crippen molar-refractivity contribution in [1.29, 1.82) is 0 Å². The van der Waals surface area contributed by atoms with Gasteiger partial charge in [-0.3, -0.25) is 14.5 Å². The van der Waals surface area contributed by atoms with Crippen molar-refractivity contribution in [2.45, 2.75) is 51.0 Å². The van der Waals surface area contributed by atoms with E-state index >= 15 is 0 Å². The average molecular weight is 440 g/mol. The normalized spacial score (nSPS) is 19.3. The van der Waals surface area contributed by atoms with Gasteiger partial charge >= 0.3 is 0 Å². The van der Waals surface area contributed by atoms with Crippen LogP contribution in [0.15, 0.2) is 24.3 Å². The smallest absolute Gasteiger partial charge is 0.274 e. The van der Waals surface area contributed by atoms with Gasteiger partial charge in [0.05, 0.1) is 12.2 Å². The molecule has 0 radical (unpaired) electrons. The third kappa shape index (κ3) is 4.55. The van der Waals surface area contributed by atoms with Crippen LogP contribution in [0.5, 0.6) is 0 Å². The van der Waals surface area contributed by atoms with Gasteiger partial charge in [-0.2, -0.15) is 5.10 Å². The highest BCUT2D eigenvalue weighted by Crippen LogP contribution is 2.27. The van der Waals surface area contributed by atoms with Gasteiger partial charge in [-0.25, -0.2) is 9.07 Å². The second-order valence-electron chi connectivity index (χ2n) is 9.13. The number of fused-ring (bicyclic) bond motifs is 1. The van der Waals surface area contributed by atoms with Crippen LogP contribution < -0.4 is 5.32 Å². The molecule has 170 valence electrons. The average Bonchev–Trinajstić information content (AvgIpc) is 3.58. The number of piperazine rings is 1. The number of carbonyl (C=O) groups is 2. The van der Waals surface area contributed by atoms with Crippen LogP contribution in [0.4, 0.5) is 4.39 Å². The van der Waals surface area contributed by atoms with E-state index in [0.29, 0.717) is 44.5 Å². The van der Waals surface area contributed by atoms with E-state index in [1.54, 1.807) is 12.1 Å². The van der Waals surface area contributed by atoms with Crippen molar-refractivity contribution in [3.05, 3.63) is 47.0 Å². The number of halogens is 1. The van der Waals surface area contributed by atoms with E-state index in [1.165, 1.54) is 12.1 Å². The lowest BCUT2D eigenvalue weighted by molar-refractivity contribution is -0.122. The fraction of sp³-hybridized carbons (Fsp3) is 0.542. The molecule has 0 atom stereocenters. The summed E-state index contributed by atoms with van der Waals surface area (Å²) in [6, 6.07) is 6.66. The molecule has 2 aromatic rings. The summed E-state index contributed by atoms with van der Waals surface area (Å²) in [5.74, 6) is -0.242. The van der Waals surface area contributed by atoms with Gasteiger partial charge in [0.1, 0.15) is 5.82 Å².